The Morgan fingerprint density at radius 1 is 1.18 bits per heavy atom. The molecule has 0 radical (unpaired) electrons. The predicted octanol–water partition coefficient (Wildman–Crippen LogP) is 4.99. The minimum atomic E-state index is -0.352. The van der Waals surface area contributed by atoms with Crippen molar-refractivity contribution in [2.24, 2.45) is 7.05 Å². The van der Waals surface area contributed by atoms with Crippen LogP contribution in [0, 0.1) is 0 Å². The van der Waals surface area contributed by atoms with Crippen LogP contribution in [0.2, 0.25) is 10.0 Å². The molecule has 1 aromatic heterocycles. The van der Waals surface area contributed by atoms with Crippen LogP contribution < -0.4 is 10.1 Å². The molecule has 3 rings (SSSR count). The van der Waals surface area contributed by atoms with Gasteiger partial charge in [-0.3, -0.25) is 4.79 Å². The van der Waals surface area contributed by atoms with Crippen molar-refractivity contribution in [3.05, 3.63) is 64.4 Å². The molecular weight excluding hydrogens is 419 g/mol. The highest BCUT2D eigenvalue weighted by molar-refractivity contribution is 7.99. The minimum Gasteiger partial charge on any atom is -0.481 e. The Morgan fingerprint density at radius 3 is 2.61 bits per heavy atom. The monoisotopic (exact) mass is 436 g/mol. The molecule has 0 fully saturated rings. The standard InChI is InChI=1S/C19H18Cl2N4O2S/c1-12(27-16-6-4-3-5-15(16)21)18-23-24-19(25(18)2)28-11-17(26)22-14-9-7-13(20)8-10-14/h3-10,12H,11H2,1-2H3,(H,22,26). The van der Waals surface area contributed by atoms with Crippen molar-refractivity contribution < 1.29 is 9.53 Å². The molecule has 1 heterocycles. The fourth-order valence-corrected chi connectivity index (χ4v) is 3.47. The number of amides is 1. The van der Waals surface area contributed by atoms with Gasteiger partial charge in [-0.05, 0) is 43.3 Å². The van der Waals surface area contributed by atoms with Gasteiger partial charge in [0.15, 0.2) is 17.1 Å². The maximum atomic E-state index is 12.1. The fraction of sp³-hybridized carbons (Fsp3) is 0.211. The summed E-state index contributed by atoms with van der Waals surface area (Å²) in [6.07, 6.45) is -0.352. The fourth-order valence-electron chi connectivity index (χ4n) is 2.45. The Labute approximate surface area is 177 Å². The van der Waals surface area contributed by atoms with Gasteiger partial charge in [0.1, 0.15) is 5.75 Å². The quantitative estimate of drug-likeness (QED) is 0.528. The van der Waals surface area contributed by atoms with Crippen molar-refractivity contribution >= 4 is 46.6 Å². The summed E-state index contributed by atoms with van der Waals surface area (Å²) in [6.45, 7) is 1.87. The van der Waals surface area contributed by atoms with Gasteiger partial charge in [0, 0.05) is 17.8 Å². The van der Waals surface area contributed by atoms with E-state index in [1.807, 2.05) is 30.7 Å². The smallest absolute Gasteiger partial charge is 0.234 e. The molecule has 1 atom stereocenters. The molecule has 0 saturated heterocycles. The Bertz CT molecular complexity index is 963. The molecule has 2 aromatic carbocycles. The van der Waals surface area contributed by atoms with Crippen LogP contribution in [0.25, 0.3) is 0 Å². The number of rotatable bonds is 7. The number of thioether (sulfide) groups is 1. The second kappa shape index (κ2) is 9.32. The van der Waals surface area contributed by atoms with E-state index in [9.17, 15) is 4.79 Å². The Morgan fingerprint density at radius 2 is 1.89 bits per heavy atom. The third-order valence-electron chi connectivity index (χ3n) is 3.83. The number of hydrogen-bond acceptors (Lipinski definition) is 5. The van der Waals surface area contributed by atoms with Crippen LogP contribution in [0.15, 0.2) is 53.7 Å². The third kappa shape index (κ3) is 5.19. The van der Waals surface area contributed by atoms with Gasteiger partial charge in [-0.1, -0.05) is 47.1 Å². The lowest BCUT2D eigenvalue weighted by Crippen LogP contribution is -2.14. The first-order valence-electron chi connectivity index (χ1n) is 8.42. The van der Waals surface area contributed by atoms with Crippen molar-refractivity contribution in [2.45, 2.75) is 18.2 Å². The van der Waals surface area contributed by atoms with Crippen LogP contribution in [-0.2, 0) is 11.8 Å². The van der Waals surface area contributed by atoms with Gasteiger partial charge in [-0.15, -0.1) is 10.2 Å². The van der Waals surface area contributed by atoms with Gasteiger partial charge in [-0.25, -0.2) is 0 Å². The highest BCUT2D eigenvalue weighted by atomic mass is 35.5. The molecule has 9 heteroatoms. The van der Waals surface area contributed by atoms with Crippen LogP contribution >= 0.6 is 35.0 Å². The number of carbonyl (C=O) groups is 1. The molecule has 3 aromatic rings. The molecule has 0 aliphatic rings. The van der Waals surface area contributed by atoms with Crippen LogP contribution in [-0.4, -0.2) is 26.4 Å². The molecular formula is C19H18Cl2N4O2S. The van der Waals surface area contributed by atoms with E-state index in [-0.39, 0.29) is 17.8 Å². The van der Waals surface area contributed by atoms with Crippen LogP contribution in [0.5, 0.6) is 5.75 Å². The maximum Gasteiger partial charge on any atom is 0.234 e. The molecule has 1 N–H and O–H groups in total. The van der Waals surface area contributed by atoms with Crippen molar-refractivity contribution in [2.75, 3.05) is 11.1 Å². The lowest BCUT2D eigenvalue weighted by molar-refractivity contribution is -0.113. The first-order chi connectivity index (χ1) is 13.4. The number of nitrogens with zero attached hydrogens (tertiary/aromatic N) is 3. The summed E-state index contributed by atoms with van der Waals surface area (Å²) in [7, 11) is 1.83. The number of hydrogen-bond donors (Lipinski definition) is 1. The lowest BCUT2D eigenvalue weighted by Gasteiger charge is -2.15. The Hall–Kier alpha value is -2.22. The molecule has 0 saturated carbocycles. The average molecular weight is 437 g/mol. The normalized spacial score (nSPS) is 11.9. The summed E-state index contributed by atoms with van der Waals surface area (Å²) in [5.41, 5.74) is 0.690. The summed E-state index contributed by atoms with van der Waals surface area (Å²) in [6, 6.07) is 14.2. The number of halogens is 2. The van der Waals surface area contributed by atoms with Crippen molar-refractivity contribution in [3.63, 3.8) is 0 Å². The van der Waals surface area contributed by atoms with E-state index in [1.165, 1.54) is 11.8 Å². The van der Waals surface area contributed by atoms with Crippen molar-refractivity contribution in [1.29, 1.82) is 0 Å². The van der Waals surface area contributed by atoms with Gasteiger partial charge < -0.3 is 14.6 Å². The van der Waals surface area contributed by atoms with Gasteiger partial charge in [0.2, 0.25) is 5.91 Å². The number of para-hydroxylation sites is 1. The summed E-state index contributed by atoms with van der Waals surface area (Å²) >= 11 is 13.3. The molecule has 146 valence electrons. The molecule has 0 aliphatic heterocycles. The van der Waals surface area contributed by atoms with E-state index in [0.29, 0.717) is 32.5 Å². The van der Waals surface area contributed by atoms with Crippen LogP contribution in [0.1, 0.15) is 18.9 Å². The summed E-state index contributed by atoms with van der Waals surface area (Å²) in [5, 5.41) is 12.9. The molecule has 0 bridgehead atoms. The average Bonchev–Trinajstić information content (AvgIpc) is 3.04. The minimum absolute atomic E-state index is 0.141. The zero-order valence-corrected chi connectivity index (χ0v) is 17.6. The predicted molar refractivity (Wildman–Crippen MR) is 112 cm³/mol. The first kappa shape index (κ1) is 20.5. The SMILES string of the molecule is CC(Oc1ccccc1Cl)c1nnc(SCC(=O)Nc2ccc(Cl)cc2)n1C. The number of anilines is 1. The highest BCUT2D eigenvalue weighted by Crippen LogP contribution is 2.29. The van der Waals surface area contributed by atoms with Gasteiger partial charge in [0.25, 0.3) is 0 Å². The number of ether oxygens (including phenoxy) is 1. The number of aromatic nitrogens is 3. The van der Waals surface area contributed by atoms with Crippen molar-refractivity contribution in [1.82, 2.24) is 14.8 Å². The lowest BCUT2D eigenvalue weighted by atomic mass is 10.3. The summed E-state index contributed by atoms with van der Waals surface area (Å²) in [4.78, 5) is 12.1. The van der Waals surface area contributed by atoms with Gasteiger partial charge >= 0.3 is 0 Å². The highest BCUT2D eigenvalue weighted by Gasteiger charge is 2.18. The van der Waals surface area contributed by atoms with Crippen LogP contribution in [0.3, 0.4) is 0 Å². The second-order valence-electron chi connectivity index (χ2n) is 5.93. The third-order valence-corrected chi connectivity index (χ3v) is 5.42. The second-order valence-corrected chi connectivity index (χ2v) is 7.72. The van der Waals surface area contributed by atoms with E-state index < -0.39 is 0 Å². The van der Waals surface area contributed by atoms with E-state index >= 15 is 0 Å². The number of nitrogens with one attached hydrogen (secondary N) is 1. The summed E-state index contributed by atoms with van der Waals surface area (Å²) < 4.78 is 7.69. The molecule has 28 heavy (non-hydrogen) atoms. The van der Waals surface area contributed by atoms with E-state index in [2.05, 4.69) is 15.5 Å². The first-order valence-corrected chi connectivity index (χ1v) is 10.2. The molecule has 1 amide bonds. The van der Waals surface area contributed by atoms with Crippen LogP contribution in [0.4, 0.5) is 5.69 Å². The maximum absolute atomic E-state index is 12.1. The topological polar surface area (TPSA) is 69.0 Å². The summed E-state index contributed by atoms with van der Waals surface area (Å²) in [5.74, 6) is 1.28. The Balaban J connectivity index is 1.58. The van der Waals surface area contributed by atoms with E-state index in [4.69, 9.17) is 27.9 Å². The van der Waals surface area contributed by atoms with Gasteiger partial charge in [0.05, 0.1) is 10.8 Å². The molecule has 6 nitrogen and oxygen atoms in total. The van der Waals surface area contributed by atoms with Crippen molar-refractivity contribution in [3.8, 4) is 5.75 Å². The van der Waals surface area contributed by atoms with Gasteiger partial charge in [-0.2, -0.15) is 0 Å². The largest absolute Gasteiger partial charge is 0.481 e. The number of benzene rings is 2. The van der Waals surface area contributed by atoms with E-state index in [1.54, 1.807) is 36.4 Å². The molecule has 1 unspecified atom stereocenters. The zero-order chi connectivity index (χ0) is 20.1. The van der Waals surface area contributed by atoms with E-state index in [0.717, 1.165) is 0 Å². The Kier molecular flexibility index (Phi) is 6.83. The zero-order valence-electron chi connectivity index (χ0n) is 15.2. The number of carbonyl (C=O) groups excluding carboxylic acids is 1. The molecule has 0 aliphatic carbocycles. The molecule has 0 spiro atoms.